The van der Waals surface area contributed by atoms with Crippen LogP contribution in [-0.4, -0.2) is 20.6 Å². The second-order valence-electron chi connectivity index (χ2n) is 2.30. The first-order chi connectivity index (χ1) is 5.61. The number of aryl methyl sites for hydroxylation is 1. The van der Waals surface area contributed by atoms with Gasteiger partial charge in [-0.2, -0.15) is 0 Å². The van der Waals surface area contributed by atoms with E-state index in [0.29, 0.717) is 5.69 Å². The summed E-state index contributed by atoms with van der Waals surface area (Å²) in [6, 6.07) is 0. The third kappa shape index (κ3) is 1.64. The van der Waals surface area contributed by atoms with E-state index in [1.54, 1.807) is 17.8 Å². The lowest BCUT2D eigenvalue weighted by Crippen LogP contribution is -1.95. The van der Waals surface area contributed by atoms with Crippen LogP contribution in [0, 0.1) is 18.8 Å². The number of carboxylic acid groups (broad SMARTS) is 1. The monoisotopic (exact) mass is 164 g/mol. The van der Waals surface area contributed by atoms with Crippen LogP contribution in [0.15, 0.2) is 6.20 Å². The van der Waals surface area contributed by atoms with E-state index in [-0.39, 0.29) is 0 Å². The van der Waals surface area contributed by atoms with Gasteiger partial charge >= 0.3 is 5.97 Å². The molecule has 0 saturated carbocycles. The molecule has 0 aliphatic rings. The summed E-state index contributed by atoms with van der Waals surface area (Å²) >= 11 is 0. The number of rotatable bonds is 0. The fourth-order valence-corrected chi connectivity index (χ4v) is 0.736. The molecule has 4 heteroatoms. The Labute approximate surface area is 69.8 Å². The van der Waals surface area contributed by atoms with Crippen molar-refractivity contribution in [2.45, 2.75) is 6.92 Å². The third-order valence-electron chi connectivity index (χ3n) is 1.52. The largest absolute Gasteiger partial charge is 0.472 e. The predicted octanol–water partition coefficient (Wildman–Crippen LogP) is 0.165. The maximum absolute atomic E-state index is 10.1. The Hall–Kier alpha value is -1.76. The molecule has 4 nitrogen and oxygen atoms in total. The molecule has 0 amide bonds. The van der Waals surface area contributed by atoms with Gasteiger partial charge in [0.25, 0.3) is 0 Å². The highest BCUT2D eigenvalue weighted by atomic mass is 16.4. The van der Waals surface area contributed by atoms with Crippen molar-refractivity contribution in [2.75, 3.05) is 0 Å². The standard InChI is InChI=1S/C8H8N2O2/c1-6-9-5-7(10(6)2)3-4-8(11)12/h5H,1-2H3,(H,11,12). The molecule has 1 aromatic rings. The van der Waals surface area contributed by atoms with E-state index in [9.17, 15) is 4.79 Å². The maximum Gasteiger partial charge on any atom is 0.382 e. The first-order valence-electron chi connectivity index (χ1n) is 3.34. The van der Waals surface area contributed by atoms with Crippen LogP contribution in [-0.2, 0) is 11.8 Å². The van der Waals surface area contributed by atoms with Gasteiger partial charge in [-0.15, -0.1) is 0 Å². The van der Waals surface area contributed by atoms with Crippen LogP contribution in [0.1, 0.15) is 11.5 Å². The first-order valence-corrected chi connectivity index (χ1v) is 3.34. The minimum Gasteiger partial charge on any atom is -0.472 e. The summed E-state index contributed by atoms with van der Waals surface area (Å²) in [5.74, 6) is 4.19. The average molecular weight is 164 g/mol. The zero-order valence-electron chi connectivity index (χ0n) is 6.83. The molecule has 0 radical (unpaired) electrons. The quantitative estimate of drug-likeness (QED) is 0.556. The highest BCUT2D eigenvalue weighted by molar-refractivity contribution is 5.87. The van der Waals surface area contributed by atoms with E-state index in [0.717, 1.165) is 5.82 Å². The molecule has 12 heavy (non-hydrogen) atoms. The average Bonchev–Trinajstić information content (AvgIpc) is 2.30. The summed E-state index contributed by atoms with van der Waals surface area (Å²) in [6.45, 7) is 1.83. The van der Waals surface area contributed by atoms with Crippen molar-refractivity contribution < 1.29 is 9.90 Å². The van der Waals surface area contributed by atoms with E-state index in [4.69, 9.17) is 5.11 Å². The molecule has 0 unspecified atom stereocenters. The van der Waals surface area contributed by atoms with Crippen LogP contribution in [0.5, 0.6) is 0 Å². The SMILES string of the molecule is Cc1ncc(C#CC(=O)O)n1C. The normalized spacial score (nSPS) is 8.83. The summed E-state index contributed by atoms with van der Waals surface area (Å²) in [6.07, 6.45) is 1.55. The summed E-state index contributed by atoms with van der Waals surface area (Å²) in [5.41, 5.74) is 0.606. The van der Waals surface area contributed by atoms with Crippen molar-refractivity contribution in [3.05, 3.63) is 17.7 Å². The molecule has 1 heterocycles. The van der Waals surface area contributed by atoms with Gasteiger partial charge in [0, 0.05) is 13.0 Å². The van der Waals surface area contributed by atoms with Gasteiger partial charge < -0.3 is 9.67 Å². The van der Waals surface area contributed by atoms with Gasteiger partial charge in [0.2, 0.25) is 0 Å². The van der Waals surface area contributed by atoms with E-state index in [2.05, 4.69) is 10.9 Å². The molecule has 0 saturated heterocycles. The van der Waals surface area contributed by atoms with Crippen molar-refractivity contribution in [2.24, 2.45) is 7.05 Å². The lowest BCUT2D eigenvalue weighted by Gasteiger charge is -1.93. The van der Waals surface area contributed by atoms with Crippen molar-refractivity contribution in [1.82, 2.24) is 9.55 Å². The van der Waals surface area contributed by atoms with Gasteiger partial charge in [-0.3, -0.25) is 0 Å². The smallest absolute Gasteiger partial charge is 0.382 e. The third-order valence-corrected chi connectivity index (χ3v) is 1.52. The minimum atomic E-state index is -1.13. The molecule has 0 bridgehead atoms. The maximum atomic E-state index is 10.1. The minimum absolute atomic E-state index is 0.606. The van der Waals surface area contributed by atoms with Crippen molar-refractivity contribution >= 4 is 5.97 Å². The molecular formula is C8H8N2O2. The summed E-state index contributed by atoms with van der Waals surface area (Å²) in [4.78, 5) is 14.0. The Kier molecular flexibility index (Phi) is 2.15. The summed E-state index contributed by atoms with van der Waals surface area (Å²) < 4.78 is 1.73. The second kappa shape index (κ2) is 3.09. The van der Waals surface area contributed by atoms with Crippen LogP contribution >= 0.6 is 0 Å². The Balaban J connectivity index is 3.00. The zero-order valence-corrected chi connectivity index (χ0v) is 6.83. The number of aliphatic carboxylic acids is 1. The van der Waals surface area contributed by atoms with Crippen LogP contribution in [0.4, 0.5) is 0 Å². The number of carboxylic acids is 1. The Morgan fingerprint density at radius 3 is 2.83 bits per heavy atom. The van der Waals surface area contributed by atoms with Crippen molar-refractivity contribution in [1.29, 1.82) is 0 Å². The van der Waals surface area contributed by atoms with Gasteiger partial charge in [-0.1, -0.05) is 0 Å². The van der Waals surface area contributed by atoms with Crippen LogP contribution < -0.4 is 0 Å². The van der Waals surface area contributed by atoms with E-state index in [1.807, 2.05) is 12.8 Å². The predicted molar refractivity (Wildman–Crippen MR) is 42.5 cm³/mol. The fourth-order valence-electron chi connectivity index (χ4n) is 0.736. The Bertz CT molecular complexity index is 368. The highest BCUT2D eigenvalue weighted by Gasteiger charge is 1.97. The van der Waals surface area contributed by atoms with Crippen molar-refractivity contribution in [3.63, 3.8) is 0 Å². The first kappa shape index (κ1) is 8.34. The van der Waals surface area contributed by atoms with Crippen molar-refractivity contribution in [3.8, 4) is 11.8 Å². The molecule has 0 fully saturated rings. The van der Waals surface area contributed by atoms with E-state index in [1.165, 1.54) is 0 Å². The van der Waals surface area contributed by atoms with Gasteiger partial charge in [0.05, 0.1) is 6.20 Å². The molecule has 1 N–H and O–H groups in total. The number of aromatic nitrogens is 2. The molecule has 62 valence electrons. The summed E-state index contributed by atoms with van der Waals surface area (Å²) in [5, 5.41) is 8.27. The molecule has 1 aromatic heterocycles. The van der Waals surface area contributed by atoms with Gasteiger partial charge in [-0.25, -0.2) is 9.78 Å². The molecule has 0 aromatic carbocycles. The number of imidazole rings is 1. The zero-order chi connectivity index (χ0) is 9.14. The van der Waals surface area contributed by atoms with E-state index >= 15 is 0 Å². The fraction of sp³-hybridized carbons (Fsp3) is 0.250. The summed E-state index contributed by atoms with van der Waals surface area (Å²) in [7, 11) is 1.79. The van der Waals surface area contributed by atoms with Gasteiger partial charge in [0.1, 0.15) is 11.5 Å². The number of hydrogen-bond donors (Lipinski definition) is 1. The van der Waals surface area contributed by atoms with Gasteiger partial charge in [-0.05, 0) is 12.8 Å². The van der Waals surface area contributed by atoms with Crippen LogP contribution in [0.2, 0.25) is 0 Å². The Morgan fingerprint density at radius 2 is 2.42 bits per heavy atom. The molecule has 1 rings (SSSR count). The molecule has 0 spiro atoms. The molecule has 0 aliphatic heterocycles. The number of carbonyl (C=O) groups is 1. The topological polar surface area (TPSA) is 55.1 Å². The van der Waals surface area contributed by atoms with E-state index < -0.39 is 5.97 Å². The van der Waals surface area contributed by atoms with Crippen LogP contribution in [0.3, 0.4) is 0 Å². The van der Waals surface area contributed by atoms with Gasteiger partial charge in [0.15, 0.2) is 0 Å². The lowest BCUT2D eigenvalue weighted by atomic mass is 10.4. The second-order valence-corrected chi connectivity index (χ2v) is 2.30. The highest BCUT2D eigenvalue weighted by Crippen LogP contribution is 1.98. The number of hydrogen-bond acceptors (Lipinski definition) is 2. The molecule has 0 atom stereocenters. The number of nitrogens with zero attached hydrogens (tertiary/aromatic N) is 2. The lowest BCUT2D eigenvalue weighted by molar-refractivity contribution is -0.130. The molecule has 0 aliphatic carbocycles. The van der Waals surface area contributed by atoms with Crippen LogP contribution in [0.25, 0.3) is 0 Å². The Morgan fingerprint density at radius 1 is 1.75 bits per heavy atom. The molecular weight excluding hydrogens is 156 g/mol.